The second-order valence-corrected chi connectivity index (χ2v) is 8.03. The van der Waals surface area contributed by atoms with Crippen molar-refractivity contribution in [3.8, 4) is 0 Å². The van der Waals surface area contributed by atoms with E-state index in [1.807, 2.05) is 72.6 Å². The van der Waals surface area contributed by atoms with Crippen LogP contribution < -0.4 is 15.3 Å². The highest BCUT2D eigenvalue weighted by atomic mass is 16.2. The van der Waals surface area contributed by atoms with E-state index in [0.29, 0.717) is 25.9 Å². The van der Waals surface area contributed by atoms with Crippen LogP contribution in [0.1, 0.15) is 12.8 Å². The van der Waals surface area contributed by atoms with Crippen LogP contribution in [0.5, 0.6) is 0 Å². The zero-order valence-electron chi connectivity index (χ0n) is 17.9. The average molecular weight is 420 g/mol. The fraction of sp³-hybridized carbons (Fsp3) is 0.375. The van der Waals surface area contributed by atoms with Gasteiger partial charge in [0, 0.05) is 39.4 Å². The topological polar surface area (TPSA) is 68.8 Å². The lowest BCUT2D eigenvalue weighted by Crippen LogP contribution is -2.53. The molecule has 1 N–H and O–H groups in total. The zero-order valence-corrected chi connectivity index (χ0v) is 17.9. The first kappa shape index (κ1) is 20.9. The Morgan fingerprint density at radius 3 is 2.29 bits per heavy atom. The van der Waals surface area contributed by atoms with Gasteiger partial charge in [0.1, 0.15) is 5.82 Å². The Hall–Kier alpha value is -3.35. The highest BCUT2D eigenvalue weighted by Crippen LogP contribution is 2.29. The van der Waals surface area contributed by atoms with Gasteiger partial charge in [0.2, 0.25) is 11.8 Å². The quantitative estimate of drug-likeness (QED) is 0.596. The van der Waals surface area contributed by atoms with Crippen LogP contribution in [-0.4, -0.2) is 54.9 Å². The van der Waals surface area contributed by atoms with Crippen molar-refractivity contribution in [2.24, 2.45) is 11.8 Å². The molecular weight excluding hydrogens is 390 g/mol. The van der Waals surface area contributed by atoms with Gasteiger partial charge in [-0.05, 0) is 37.1 Å². The molecule has 4 rings (SSSR count). The Balaban J connectivity index is 1.37. The smallest absolute Gasteiger partial charge is 0.242 e. The molecule has 7 heteroatoms. The van der Waals surface area contributed by atoms with Crippen molar-refractivity contribution in [2.45, 2.75) is 12.8 Å². The van der Waals surface area contributed by atoms with Gasteiger partial charge in [-0.2, -0.15) is 0 Å². The lowest BCUT2D eigenvalue weighted by atomic mass is 9.81. The maximum Gasteiger partial charge on any atom is 0.242 e. The number of rotatable bonds is 5. The third-order valence-electron chi connectivity index (χ3n) is 6.07. The third kappa shape index (κ3) is 4.87. The standard InChI is InChI=1S/C24H29N5O2/c1-27(19-9-3-2-4-10-19)26-23(30)20-11-5-6-12-21(20)24(31)29-17-15-28(16-18-29)22-13-7-8-14-25-22/h2-10,13-14,20-21H,11-12,15-18H2,1H3,(H,26,30). The van der Waals surface area contributed by atoms with Crippen LogP contribution in [0.2, 0.25) is 0 Å². The number of hydrogen-bond acceptors (Lipinski definition) is 5. The van der Waals surface area contributed by atoms with E-state index in [2.05, 4.69) is 15.3 Å². The minimum atomic E-state index is -0.363. The number of pyridine rings is 1. The van der Waals surface area contributed by atoms with Gasteiger partial charge in [-0.1, -0.05) is 36.4 Å². The van der Waals surface area contributed by atoms with E-state index < -0.39 is 0 Å². The van der Waals surface area contributed by atoms with Crippen LogP contribution in [0.4, 0.5) is 11.5 Å². The summed E-state index contributed by atoms with van der Waals surface area (Å²) in [4.78, 5) is 34.9. The third-order valence-corrected chi connectivity index (χ3v) is 6.07. The molecule has 31 heavy (non-hydrogen) atoms. The van der Waals surface area contributed by atoms with Gasteiger partial charge in [0.05, 0.1) is 17.5 Å². The highest BCUT2D eigenvalue weighted by Gasteiger charge is 2.37. The molecule has 1 aliphatic heterocycles. The number of nitrogens with one attached hydrogen (secondary N) is 1. The first-order valence-corrected chi connectivity index (χ1v) is 10.8. The summed E-state index contributed by atoms with van der Waals surface area (Å²) in [7, 11) is 1.82. The summed E-state index contributed by atoms with van der Waals surface area (Å²) < 4.78 is 0. The van der Waals surface area contributed by atoms with Crippen molar-refractivity contribution in [3.05, 3.63) is 66.9 Å². The number of piperazine rings is 1. The number of allylic oxidation sites excluding steroid dienone is 2. The van der Waals surface area contributed by atoms with E-state index in [1.54, 1.807) is 11.2 Å². The second kappa shape index (κ2) is 9.64. The first-order valence-electron chi connectivity index (χ1n) is 10.8. The molecule has 0 radical (unpaired) electrons. The maximum absolute atomic E-state index is 13.3. The van der Waals surface area contributed by atoms with Gasteiger partial charge in [0.25, 0.3) is 0 Å². The molecule has 7 nitrogen and oxygen atoms in total. The van der Waals surface area contributed by atoms with Crippen molar-refractivity contribution in [1.29, 1.82) is 0 Å². The molecule has 1 aliphatic carbocycles. The predicted molar refractivity (Wildman–Crippen MR) is 121 cm³/mol. The van der Waals surface area contributed by atoms with Crippen molar-refractivity contribution >= 4 is 23.3 Å². The minimum absolute atomic E-state index is 0.0764. The van der Waals surface area contributed by atoms with Gasteiger partial charge < -0.3 is 9.80 Å². The minimum Gasteiger partial charge on any atom is -0.353 e. The molecule has 2 amide bonds. The molecule has 2 heterocycles. The largest absolute Gasteiger partial charge is 0.353 e. The number of carbonyl (C=O) groups excluding carboxylic acids is 2. The van der Waals surface area contributed by atoms with Crippen molar-refractivity contribution in [1.82, 2.24) is 15.3 Å². The molecule has 1 fully saturated rings. The number of anilines is 2. The SMILES string of the molecule is CN(NC(=O)C1CC=CCC1C(=O)N1CCN(c2ccccn2)CC1)c1ccccc1. The Labute approximate surface area is 183 Å². The summed E-state index contributed by atoms with van der Waals surface area (Å²) in [5, 5.41) is 1.72. The molecule has 2 unspecified atom stereocenters. The van der Waals surface area contributed by atoms with Crippen LogP contribution in [0, 0.1) is 11.8 Å². The summed E-state index contributed by atoms with van der Waals surface area (Å²) in [6.07, 6.45) is 7.01. The Morgan fingerprint density at radius 2 is 1.61 bits per heavy atom. The van der Waals surface area contributed by atoms with Gasteiger partial charge >= 0.3 is 0 Å². The number of carbonyl (C=O) groups is 2. The van der Waals surface area contributed by atoms with Gasteiger partial charge in [-0.25, -0.2) is 4.98 Å². The van der Waals surface area contributed by atoms with E-state index in [4.69, 9.17) is 0 Å². The monoisotopic (exact) mass is 419 g/mol. The van der Waals surface area contributed by atoms with Gasteiger partial charge in [-0.3, -0.25) is 20.0 Å². The number of para-hydroxylation sites is 1. The fourth-order valence-electron chi connectivity index (χ4n) is 4.27. The second-order valence-electron chi connectivity index (χ2n) is 8.03. The number of hydrazine groups is 1. The Bertz CT molecular complexity index is 910. The summed E-state index contributed by atoms with van der Waals surface area (Å²) in [5.74, 6) is 0.221. The van der Waals surface area contributed by atoms with Gasteiger partial charge in [0.15, 0.2) is 0 Å². The highest BCUT2D eigenvalue weighted by molar-refractivity contribution is 5.89. The van der Waals surface area contributed by atoms with Crippen LogP contribution >= 0.6 is 0 Å². The number of amides is 2. The van der Waals surface area contributed by atoms with E-state index in [-0.39, 0.29) is 23.7 Å². The Kier molecular flexibility index (Phi) is 6.50. The molecule has 0 saturated carbocycles. The molecule has 0 spiro atoms. The molecular formula is C24H29N5O2. The lowest BCUT2D eigenvalue weighted by Gasteiger charge is -2.38. The number of hydrogen-bond donors (Lipinski definition) is 1. The molecule has 1 aromatic carbocycles. The van der Waals surface area contributed by atoms with Crippen LogP contribution in [0.15, 0.2) is 66.9 Å². The number of benzene rings is 1. The van der Waals surface area contributed by atoms with Crippen molar-refractivity contribution in [2.75, 3.05) is 43.1 Å². The summed E-state index contributed by atoms with van der Waals surface area (Å²) in [6, 6.07) is 15.5. The zero-order chi connectivity index (χ0) is 21.6. The first-order chi connectivity index (χ1) is 15.1. The van der Waals surface area contributed by atoms with E-state index in [0.717, 1.165) is 24.6 Å². The average Bonchev–Trinajstić information content (AvgIpc) is 2.84. The van der Waals surface area contributed by atoms with Crippen LogP contribution in [-0.2, 0) is 9.59 Å². The van der Waals surface area contributed by atoms with E-state index >= 15 is 0 Å². The maximum atomic E-state index is 13.3. The number of aromatic nitrogens is 1. The predicted octanol–water partition coefficient (Wildman–Crippen LogP) is 2.48. The molecule has 1 saturated heterocycles. The van der Waals surface area contributed by atoms with E-state index in [9.17, 15) is 9.59 Å². The van der Waals surface area contributed by atoms with E-state index in [1.165, 1.54) is 0 Å². The molecule has 2 aliphatic rings. The molecule has 2 atom stereocenters. The molecule has 1 aromatic heterocycles. The Morgan fingerprint density at radius 1 is 0.935 bits per heavy atom. The van der Waals surface area contributed by atoms with Crippen molar-refractivity contribution in [3.63, 3.8) is 0 Å². The summed E-state index contributed by atoms with van der Waals surface area (Å²) in [5.41, 5.74) is 3.85. The van der Waals surface area contributed by atoms with Crippen molar-refractivity contribution < 1.29 is 9.59 Å². The van der Waals surface area contributed by atoms with Gasteiger partial charge in [-0.15, -0.1) is 0 Å². The fourth-order valence-corrected chi connectivity index (χ4v) is 4.27. The number of nitrogens with zero attached hydrogens (tertiary/aromatic N) is 4. The van der Waals surface area contributed by atoms with Crippen LogP contribution in [0.3, 0.4) is 0 Å². The van der Waals surface area contributed by atoms with Crippen LogP contribution in [0.25, 0.3) is 0 Å². The molecule has 2 aromatic rings. The molecule has 0 bridgehead atoms. The lowest BCUT2D eigenvalue weighted by molar-refractivity contribution is -0.142. The normalized spacial score (nSPS) is 20.9. The summed E-state index contributed by atoms with van der Waals surface area (Å²) in [6.45, 7) is 2.79. The molecule has 162 valence electrons. The summed E-state index contributed by atoms with van der Waals surface area (Å²) >= 11 is 0.